The van der Waals surface area contributed by atoms with Gasteiger partial charge in [-0.25, -0.2) is 14.8 Å². The van der Waals surface area contributed by atoms with Gasteiger partial charge in [-0.2, -0.15) is 0 Å². The molecule has 1 heterocycles. The van der Waals surface area contributed by atoms with Crippen molar-refractivity contribution in [2.24, 2.45) is 0 Å². The maximum Gasteiger partial charge on any atom is 0.341 e. The van der Waals surface area contributed by atoms with Crippen LogP contribution < -0.4 is 10.4 Å². The summed E-state index contributed by atoms with van der Waals surface area (Å²) in [5.74, 6) is -0.516. The summed E-state index contributed by atoms with van der Waals surface area (Å²) in [5.41, 5.74) is 2.03. The van der Waals surface area contributed by atoms with Crippen LogP contribution >= 0.6 is 11.6 Å². The molecule has 0 radical (unpaired) electrons. The quantitative estimate of drug-likeness (QED) is 0.310. The van der Waals surface area contributed by atoms with Gasteiger partial charge in [0.1, 0.15) is 10.8 Å². The first kappa shape index (κ1) is 32.6. The molecule has 1 N–H and O–H groups in total. The highest BCUT2D eigenvalue weighted by Gasteiger charge is 2.21. The van der Waals surface area contributed by atoms with Crippen molar-refractivity contribution in [3.63, 3.8) is 0 Å². The number of esters is 1. The predicted molar refractivity (Wildman–Crippen MR) is 129 cm³/mol. The summed E-state index contributed by atoms with van der Waals surface area (Å²) in [7, 11) is 0. The van der Waals surface area contributed by atoms with Crippen LogP contribution in [0.5, 0.6) is 0 Å². The van der Waals surface area contributed by atoms with Crippen LogP contribution in [-0.4, -0.2) is 22.5 Å². The van der Waals surface area contributed by atoms with E-state index in [1.807, 2.05) is 41.5 Å². The number of rotatable bonds is 4. The zero-order chi connectivity index (χ0) is 24.3. The summed E-state index contributed by atoms with van der Waals surface area (Å²) in [6.45, 7) is 22.2. The smallest absolute Gasteiger partial charge is 0.341 e. The van der Waals surface area contributed by atoms with E-state index in [1.165, 1.54) is 49.5 Å². The van der Waals surface area contributed by atoms with Crippen molar-refractivity contribution < 1.29 is 14.3 Å². The lowest BCUT2D eigenvalue weighted by Gasteiger charge is -2.21. The number of pyridine rings is 1. The molecule has 7 heteroatoms. The monoisotopic (exact) mass is 443 g/mol. The van der Waals surface area contributed by atoms with Gasteiger partial charge < -0.3 is 4.74 Å². The van der Waals surface area contributed by atoms with Crippen molar-refractivity contribution in [1.82, 2.24) is 10.4 Å². The molecule has 1 amide bonds. The number of nitrogens with one attached hydrogen (secondary N) is 1. The zero-order valence-electron chi connectivity index (χ0n) is 20.6. The molecule has 6 nitrogen and oxygen atoms in total. The Hall–Kier alpha value is -2.08. The van der Waals surface area contributed by atoms with Crippen molar-refractivity contribution in [3.8, 4) is 0 Å². The Labute approximate surface area is 189 Å². The Morgan fingerprint density at radius 2 is 1.57 bits per heavy atom. The number of carbonyl (C=O) groups excluding carboxylic acids is 2. The van der Waals surface area contributed by atoms with Crippen LogP contribution in [0.1, 0.15) is 98.9 Å². The molecule has 1 saturated carbocycles. The Kier molecular flexibility index (Phi) is 20.5. The van der Waals surface area contributed by atoms with Crippen LogP contribution in [-0.2, 0) is 9.53 Å². The first-order chi connectivity index (χ1) is 14.1. The molecule has 30 heavy (non-hydrogen) atoms. The van der Waals surface area contributed by atoms with Gasteiger partial charge in [0.25, 0.3) is 0 Å². The second-order valence-corrected chi connectivity index (χ2v) is 6.65. The van der Waals surface area contributed by atoms with Crippen molar-refractivity contribution in [3.05, 3.63) is 35.6 Å². The molecule has 0 aromatic carbocycles. The number of ether oxygens (including phenoxy) is 1. The second-order valence-electron chi connectivity index (χ2n) is 6.29. The van der Waals surface area contributed by atoms with Gasteiger partial charge in [-0.1, -0.05) is 79.0 Å². The molecular weight excluding hydrogens is 402 g/mol. The van der Waals surface area contributed by atoms with Crippen LogP contribution in [0.4, 0.5) is 5.82 Å². The number of halogens is 1. The van der Waals surface area contributed by atoms with E-state index >= 15 is 0 Å². The van der Waals surface area contributed by atoms with Crippen molar-refractivity contribution in [2.75, 3.05) is 5.01 Å². The maximum absolute atomic E-state index is 12.0. The van der Waals surface area contributed by atoms with E-state index in [-0.39, 0.29) is 16.6 Å². The fourth-order valence-electron chi connectivity index (χ4n) is 1.41. The lowest BCUT2D eigenvalue weighted by molar-refractivity contribution is -0.119. The third-order valence-electron chi connectivity index (χ3n) is 2.51. The first-order valence-electron chi connectivity index (χ1n) is 10.7. The van der Waals surface area contributed by atoms with E-state index in [0.29, 0.717) is 5.82 Å². The normalized spacial score (nSPS) is 10.5. The molecule has 0 unspecified atom stereocenters. The van der Waals surface area contributed by atoms with Gasteiger partial charge in [-0.05, 0) is 32.9 Å². The molecule has 0 saturated heterocycles. The lowest BCUT2D eigenvalue weighted by atomic mass is 10.2. The highest BCUT2D eigenvalue weighted by Crippen LogP contribution is 2.21. The molecule has 0 spiro atoms. The summed E-state index contributed by atoms with van der Waals surface area (Å²) < 4.78 is 5.23. The molecule has 0 bridgehead atoms. The van der Waals surface area contributed by atoms with E-state index in [4.69, 9.17) is 16.3 Å². The van der Waals surface area contributed by atoms with Gasteiger partial charge in [0, 0.05) is 13.1 Å². The Morgan fingerprint density at radius 3 is 1.87 bits per heavy atom. The summed E-state index contributed by atoms with van der Waals surface area (Å²) in [6, 6.07) is 3.01. The van der Waals surface area contributed by atoms with Crippen LogP contribution in [0.3, 0.4) is 0 Å². The van der Waals surface area contributed by atoms with Gasteiger partial charge in [-0.15, -0.1) is 0 Å². The Morgan fingerprint density at radius 1 is 1.10 bits per heavy atom. The molecule has 0 aliphatic heterocycles. The van der Waals surface area contributed by atoms with Crippen molar-refractivity contribution in [1.29, 1.82) is 0 Å². The second kappa shape index (κ2) is 18.9. The van der Waals surface area contributed by atoms with E-state index in [9.17, 15) is 9.59 Å². The summed E-state index contributed by atoms with van der Waals surface area (Å²) in [5, 5.41) is 1.28. The molecule has 1 aliphatic carbocycles. The molecular formula is C23H42ClN3O3. The number of hydrogen-bond acceptors (Lipinski definition) is 5. The van der Waals surface area contributed by atoms with E-state index in [2.05, 4.69) is 17.0 Å². The van der Waals surface area contributed by atoms with Gasteiger partial charge in [0.15, 0.2) is 5.82 Å². The van der Waals surface area contributed by atoms with E-state index in [1.54, 1.807) is 20.8 Å². The molecule has 1 aromatic heterocycles. The van der Waals surface area contributed by atoms with Gasteiger partial charge in [0.05, 0.1) is 5.56 Å². The Balaban J connectivity index is -0.000000689. The first-order valence-corrected chi connectivity index (χ1v) is 11.1. The largest absolute Gasteiger partial charge is 0.456 e. The summed E-state index contributed by atoms with van der Waals surface area (Å²) >= 11 is 6.01. The minimum absolute atomic E-state index is 0.0149. The number of carbonyl (C=O) groups is 2. The molecule has 0 atom stereocenters. The number of anilines is 1. The van der Waals surface area contributed by atoms with Crippen LogP contribution in [0.2, 0.25) is 5.15 Å². The third kappa shape index (κ3) is 16.8. The molecule has 2 rings (SSSR count). The van der Waals surface area contributed by atoms with Crippen molar-refractivity contribution >= 4 is 29.3 Å². The number of hydrazine groups is 1. The molecule has 1 aromatic rings. The van der Waals surface area contributed by atoms with E-state index in [0.717, 1.165) is 0 Å². The number of nitrogens with zero attached hydrogens (tertiary/aromatic N) is 2. The third-order valence-corrected chi connectivity index (χ3v) is 2.80. The lowest BCUT2D eigenvalue weighted by Crippen LogP contribution is -2.37. The van der Waals surface area contributed by atoms with Crippen molar-refractivity contribution in [2.45, 2.75) is 94.1 Å². The number of amides is 1. The highest BCUT2D eigenvalue weighted by atomic mass is 35.5. The zero-order valence-corrected chi connectivity index (χ0v) is 21.3. The van der Waals surface area contributed by atoms with Crippen LogP contribution in [0, 0.1) is 0 Å². The van der Waals surface area contributed by atoms with Crippen LogP contribution in [0.15, 0.2) is 24.9 Å². The topological polar surface area (TPSA) is 71.5 Å². The average Bonchev–Trinajstić information content (AvgIpc) is 3.58. The fourth-order valence-corrected chi connectivity index (χ4v) is 1.64. The molecule has 1 aliphatic rings. The summed E-state index contributed by atoms with van der Waals surface area (Å²) in [4.78, 5) is 27.1. The van der Waals surface area contributed by atoms with Crippen LogP contribution in [0.25, 0.3) is 0 Å². The van der Waals surface area contributed by atoms with Gasteiger partial charge in [0.2, 0.25) is 5.91 Å². The molecule has 174 valence electrons. The minimum atomic E-state index is -0.623. The average molecular weight is 444 g/mol. The fraction of sp³-hybridized carbons (Fsp3) is 0.609. The number of hydrogen-bond donors (Lipinski definition) is 1. The molecule has 1 fully saturated rings. The highest BCUT2D eigenvalue weighted by molar-refractivity contribution is 6.32. The van der Waals surface area contributed by atoms with Gasteiger partial charge >= 0.3 is 5.97 Å². The SMILES string of the molecule is C1CC1.C=CN(NC(C)=O)c1ccc(C(=O)OC(C)(C)C)c(Cl)n1.CC.CC.CC. The summed E-state index contributed by atoms with van der Waals surface area (Å²) in [6.07, 6.45) is 5.87. The standard InChI is InChI=1S/C14H18ClN3O3.C3H6.3C2H6/c1-6-18(17-9(2)19)11-8-7-10(12(15)16-11)13(20)21-14(3,4)5;1-2-3-1;3*1-2/h6-8H,1H2,2-5H3,(H,17,19);1-3H2;3*1-2H3. The predicted octanol–water partition coefficient (Wildman–Crippen LogP) is 6.94. The van der Waals surface area contributed by atoms with Gasteiger partial charge in [-0.3, -0.25) is 10.2 Å². The van der Waals surface area contributed by atoms with E-state index < -0.39 is 11.6 Å². The maximum atomic E-state index is 12.0. The Bertz CT molecular complexity index is 609. The number of aromatic nitrogens is 1. The minimum Gasteiger partial charge on any atom is -0.456 e.